The molecule has 1 aromatic heterocycles. The van der Waals surface area contributed by atoms with E-state index < -0.39 is 0 Å². The van der Waals surface area contributed by atoms with Gasteiger partial charge in [-0.2, -0.15) is 0 Å². The van der Waals surface area contributed by atoms with Crippen LogP contribution in [0.5, 0.6) is 0 Å². The Bertz CT molecular complexity index is 787. The molecule has 0 unspecified atom stereocenters. The Labute approximate surface area is 146 Å². The first-order chi connectivity index (χ1) is 12.2. The Kier molecular flexibility index (Phi) is 4.44. The number of carbonyl (C=O) groups excluding carboxylic acids is 1. The number of rotatable bonds is 2. The smallest absolute Gasteiger partial charge is 0.253 e. The van der Waals surface area contributed by atoms with Gasteiger partial charge in [-0.25, -0.2) is 14.4 Å². The van der Waals surface area contributed by atoms with Crippen molar-refractivity contribution in [2.24, 2.45) is 0 Å². The summed E-state index contributed by atoms with van der Waals surface area (Å²) in [5.41, 5.74) is 2.76. The van der Waals surface area contributed by atoms with Crippen LogP contribution in [0, 0.1) is 5.82 Å². The number of halogens is 1. The topological polar surface area (TPSA) is 58.1 Å². The molecule has 3 heterocycles. The van der Waals surface area contributed by atoms with Gasteiger partial charge in [-0.1, -0.05) is 6.07 Å². The van der Waals surface area contributed by atoms with Crippen molar-refractivity contribution in [1.82, 2.24) is 20.2 Å². The lowest BCUT2D eigenvalue weighted by atomic mass is 9.95. The summed E-state index contributed by atoms with van der Waals surface area (Å²) in [6.07, 6.45) is 4.58. The van der Waals surface area contributed by atoms with Gasteiger partial charge >= 0.3 is 0 Å². The van der Waals surface area contributed by atoms with Crippen LogP contribution >= 0.6 is 0 Å². The molecule has 1 amide bonds. The van der Waals surface area contributed by atoms with E-state index >= 15 is 0 Å². The van der Waals surface area contributed by atoms with Gasteiger partial charge in [0.2, 0.25) is 0 Å². The van der Waals surface area contributed by atoms with E-state index in [2.05, 4.69) is 10.3 Å². The van der Waals surface area contributed by atoms with Crippen LogP contribution < -0.4 is 5.32 Å². The van der Waals surface area contributed by atoms with Gasteiger partial charge in [-0.3, -0.25) is 4.79 Å². The molecule has 2 aromatic rings. The molecule has 6 heteroatoms. The normalized spacial score (nSPS) is 18.0. The van der Waals surface area contributed by atoms with Gasteiger partial charge < -0.3 is 10.2 Å². The van der Waals surface area contributed by atoms with Crippen molar-refractivity contribution >= 4 is 5.91 Å². The molecule has 5 nitrogen and oxygen atoms in total. The van der Waals surface area contributed by atoms with E-state index in [0.29, 0.717) is 18.7 Å². The van der Waals surface area contributed by atoms with Crippen molar-refractivity contribution in [3.63, 3.8) is 0 Å². The van der Waals surface area contributed by atoms with E-state index in [-0.39, 0.29) is 17.6 Å². The third kappa shape index (κ3) is 3.39. The van der Waals surface area contributed by atoms with Crippen LogP contribution in [0.25, 0.3) is 0 Å². The van der Waals surface area contributed by atoms with E-state index in [1.165, 1.54) is 17.7 Å². The van der Waals surface area contributed by atoms with Gasteiger partial charge in [0.15, 0.2) is 0 Å². The van der Waals surface area contributed by atoms with Crippen LogP contribution in [0.15, 0.2) is 30.5 Å². The minimum atomic E-state index is -0.377. The predicted octanol–water partition coefficient (Wildman–Crippen LogP) is 2.28. The Morgan fingerprint density at radius 3 is 2.92 bits per heavy atom. The molecule has 0 saturated carbocycles. The summed E-state index contributed by atoms with van der Waals surface area (Å²) in [6, 6.07) is 5.89. The molecule has 25 heavy (non-hydrogen) atoms. The largest absolute Gasteiger partial charge is 0.339 e. The third-order valence-corrected chi connectivity index (χ3v) is 5.05. The number of piperidine rings is 1. The number of aromatic nitrogens is 2. The van der Waals surface area contributed by atoms with Gasteiger partial charge in [0.05, 0.1) is 0 Å². The Morgan fingerprint density at radius 1 is 1.28 bits per heavy atom. The minimum Gasteiger partial charge on any atom is -0.339 e. The molecule has 0 spiro atoms. The number of likely N-dealkylation sites (tertiary alicyclic amines) is 1. The summed E-state index contributed by atoms with van der Waals surface area (Å²) in [6.45, 7) is 3.12. The number of nitrogens with zero attached hydrogens (tertiary/aromatic N) is 3. The van der Waals surface area contributed by atoms with E-state index in [0.717, 1.165) is 43.9 Å². The fourth-order valence-electron chi connectivity index (χ4n) is 3.59. The third-order valence-electron chi connectivity index (χ3n) is 5.05. The summed E-state index contributed by atoms with van der Waals surface area (Å²) in [5, 5.41) is 3.33. The maximum Gasteiger partial charge on any atom is 0.253 e. The molecular weight excluding hydrogens is 319 g/mol. The summed E-state index contributed by atoms with van der Waals surface area (Å²) in [7, 11) is 0. The number of hydrogen-bond donors (Lipinski definition) is 1. The van der Waals surface area contributed by atoms with Gasteiger partial charge in [-0.15, -0.1) is 0 Å². The Morgan fingerprint density at radius 2 is 2.12 bits per heavy atom. The van der Waals surface area contributed by atoms with E-state index in [1.807, 2.05) is 6.20 Å². The zero-order valence-electron chi connectivity index (χ0n) is 14.0. The van der Waals surface area contributed by atoms with Crippen LogP contribution in [0.3, 0.4) is 0 Å². The summed E-state index contributed by atoms with van der Waals surface area (Å²) in [4.78, 5) is 23.6. The van der Waals surface area contributed by atoms with Crippen LogP contribution in [-0.4, -0.2) is 40.4 Å². The van der Waals surface area contributed by atoms with Crippen molar-refractivity contribution in [2.45, 2.75) is 31.7 Å². The van der Waals surface area contributed by atoms with Crippen LogP contribution in [0.4, 0.5) is 4.39 Å². The van der Waals surface area contributed by atoms with Crippen molar-refractivity contribution in [1.29, 1.82) is 0 Å². The maximum atomic E-state index is 13.3. The van der Waals surface area contributed by atoms with Crippen LogP contribution in [-0.2, 0) is 13.0 Å². The standard InChI is InChI=1S/C19H21FN4O/c20-16-3-1-2-14(10-16)19(25)24-8-5-13(6-9-24)18-22-12-15-11-21-7-4-17(15)23-18/h1-3,10,12-13,21H,4-9,11H2. The number of fused-ring (bicyclic) bond motifs is 1. The fourth-order valence-corrected chi connectivity index (χ4v) is 3.59. The van der Waals surface area contributed by atoms with Gasteiger partial charge in [0.25, 0.3) is 5.91 Å². The molecule has 0 bridgehead atoms. The van der Waals surface area contributed by atoms with Gasteiger partial charge in [0.1, 0.15) is 11.6 Å². The quantitative estimate of drug-likeness (QED) is 0.911. The highest BCUT2D eigenvalue weighted by Gasteiger charge is 2.27. The van der Waals surface area contributed by atoms with Crippen molar-refractivity contribution < 1.29 is 9.18 Å². The lowest BCUT2D eigenvalue weighted by Crippen LogP contribution is -2.38. The lowest BCUT2D eigenvalue weighted by molar-refractivity contribution is 0.0710. The maximum absolute atomic E-state index is 13.3. The molecule has 0 radical (unpaired) electrons. The Hall–Kier alpha value is -2.34. The Balaban J connectivity index is 1.42. The predicted molar refractivity (Wildman–Crippen MR) is 91.7 cm³/mol. The minimum absolute atomic E-state index is 0.101. The first-order valence-electron chi connectivity index (χ1n) is 8.81. The number of nitrogens with one attached hydrogen (secondary N) is 1. The van der Waals surface area contributed by atoms with E-state index in [1.54, 1.807) is 17.0 Å². The number of benzene rings is 1. The molecule has 0 aliphatic carbocycles. The fraction of sp³-hybridized carbons (Fsp3) is 0.421. The second-order valence-electron chi connectivity index (χ2n) is 6.70. The average Bonchev–Trinajstić information content (AvgIpc) is 2.67. The number of amides is 1. The molecule has 2 aliphatic heterocycles. The molecule has 2 aliphatic rings. The van der Waals surface area contributed by atoms with Gasteiger partial charge in [0, 0.05) is 61.5 Å². The molecule has 0 atom stereocenters. The van der Waals surface area contributed by atoms with E-state index in [4.69, 9.17) is 4.98 Å². The van der Waals surface area contributed by atoms with Crippen molar-refractivity contribution in [2.75, 3.05) is 19.6 Å². The van der Waals surface area contributed by atoms with E-state index in [9.17, 15) is 9.18 Å². The molecule has 1 saturated heterocycles. The second kappa shape index (κ2) is 6.88. The molecular formula is C19H21FN4O. The first kappa shape index (κ1) is 16.1. The van der Waals surface area contributed by atoms with Gasteiger partial charge in [-0.05, 0) is 31.0 Å². The summed E-state index contributed by atoms with van der Waals surface area (Å²) >= 11 is 0. The second-order valence-corrected chi connectivity index (χ2v) is 6.70. The van der Waals surface area contributed by atoms with Crippen molar-refractivity contribution in [3.8, 4) is 0 Å². The molecule has 1 N–H and O–H groups in total. The average molecular weight is 340 g/mol. The highest BCUT2D eigenvalue weighted by molar-refractivity contribution is 5.94. The lowest BCUT2D eigenvalue weighted by Gasteiger charge is -2.31. The van der Waals surface area contributed by atoms with Crippen LogP contribution in [0.1, 0.15) is 46.2 Å². The zero-order valence-corrected chi connectivity index (χ0v) is 14.0. The SMILES string of the molecule is O=C(c1cccc(F)c1)N1CCC(c2ncc3c(n2)CCNC3)CC1. The number of hydrogen-bond acceptors (Lipinski definition) is 4. The summed E-state index contributed by atoms with van der Waals surface area (Å²) < 4.78 is 13.3. The molecule has 1 fully saturated rings. The van der Waals surface area contributed by atoms with Crippen molar-refractivity contribution in [3.05, 3.63) is 58.9 Å². The highest BCUT2D eigenvalue weighted by atomic mass is 19.1. The summed E-state index contributed by atoms with van der Waals surface area (Å²) in [5.74, 6) is 0.711. The zero-order chi connectivity index (χ0) is 17.2. The number of carbonyl (C=O) groups is 1. The molecule has 1 aromatic carbocycles. The highest BCUT2D eigenvalue weighted by Crippen LogP contribution is 2.27. The first-order valence-corrected chi connectivity index (χ1v) is 8.81. The van der Waals surface area contributed by atoms with Crippen LogP contribution in [0.2, 0.25) is 0 Å². The molecule has 130 valence electrons. The molecule has 4 rings (SSSR count). The monoisotopic (exact) mass is 340 g/mol.